The fourth-order valence-corrected chi connectivity index (χ4v) is 2.38. The van der Waals surface area contributed by atoms with E-state index in [0.29, 0.717) is 13.1 Å². The van der Waals surface area contributed by atoms with Crippen LogP contribution in [0.15, 0.2) is 24.3 Å². The highest BCUT2D eigenvalue weighted by atomic mass is 16.3. The Labute approximate surface area is 114 Å². The van der Waals surface area contributed by atoms with Crippen LogP contribution >= 0.6 is 0 Å². The quantitative estimate of drug-likeness (QED) is 0.882. The van der Waals surface area contributed by atoms with E-state index in [9.17, 15) is 9.90 Å². The average molecular weight is 262 g/mol. The van der Waals surface area contributed by atoms with Crippen LogP contribution in [0.25, 0.3) is 0 Å². The second-order valence-corrected chi connectivity index (χ2v) is 5.16. The summed E-state index contributed by atoms with van der Waals surface area (Å²) < 4.78 is 0. The maximum absolute atomic E-state index is 11.8. The second kappa shape index (κ2) is 6.06. The molecular weight excluding hydrogens is 240 g/mol. The van der Waals surface area contributed by atoms with Crippen molar-refractivity contribution in [1.29, 1.82) is 0 Å². The van der Waals surface area contributed by atoms with Crippen LogP contribution in [0.4, 0.5) is 4.79 Å². The molecule has 1 aromatic carbocycles. The standard InChI is InChI=1S/C15H22N2O2/c1-3-4-12-5-7-13(8-6-12)14(18)11-17-10-9-16(2)15(17)19/h5-8,14,18H,3-4,9-11H2,1-2H3. The van der Waals surface area contributed by atoms with E-state index in [-0.39, 0.29) is 6.03 Å². The van der Waals surface area contributed by atoms with Gasteiger partial charge in [-0.05, 0) is 17.5 Å². The number of likely N-dealkylation sites (N-methyl/N-ethyl adjacent to an activating group) is 1. The molecule has 1 fully saturated rings. The van der Waals surface area contributed by atoms with Crippen molar-refractivity contribution in [3.8, 4) is 0 Å². The molecule has 1 atom stereocenters. The third-order valence-electron chi connectivity index (χ3n) is 3.60. The number of carbonyl (C=O) groups excluding carboxylic acids is 1. The third kappa shape index (κ3) is 3.26. The number of hydrogen-bond donors (Lipinski definition) is 1. The topological polar surface area (TPSA) is 43.8 Å². The van der Waals surface area contributed by atoms with Crippen LogP contribution in [0.1, 0.15) is 30.6 Å². The summed E-state index contributed by atoms with van der Waals surface area (Å²) in [6.07, 6.45) is 1.58. The molecule has 0 spiro atoms. The molecule has 1 unspecified atom stereocenters. The monoisotopic (exact) mass is 262 g/mol. The fourth-order valence-electron chi connectivity index (χ4n) is 2.38. The molecule has 4 nitrogen and oxygen atoms in total. The minimum Gasteiger partial charge on any atom is -0.387 e. The Morgan fingerprint density at radius 1 is 1.26 bits per heavy atom. The van der Waals surface area contributed by atoms with Gasteiger partial charge in [-0.2, -0.15) is 0 Å². The van der Waals surface area contributed by atoms with Gasteiger partial charge in [-0.15, -0.1) is 0 Å². The minimum atomic E-state index is -0.605. The van der Waals surface area contributed by atoms with Gasteiger partial charge in [0.25, 0.3) is 0 Å². The van der Waals surface area contributed by atoms with Gasteiger partial charge in [-0.1, -0.05) is 37.6 Å². The molecule has 0 aromatic heterocycles. The predicted octanol–water partition coefficient (Wildman–Crippen LogP) is 2.04. The Balaban J connectivity index is 1.96. The lowest BCUT2D eigenvalue weighted by Gasteiger charge is -2.20. The van der Waals surface area contributed by atoms with E-state index in [4.69, 9.17) is 0 Å². The summed E-state index contributed by atoms with van der Waals surface area (Å²) >= 11 is 0. The highest BCUT2D eigenvalue weighted by Crippen LogP contribution is 2.18. The average Bonchev–Trinajstić information content (AvgIpc) is 2.72. The summed E-state index contributed by atoms with van der Waals surface area (Å²) in [5, 5.41) is 10.2. The van der Waals surface area contributed by atoms with Crippen LogP contribution in [0, 0.1) is 0 Å². The second-order valence-electron chi connectivity index (χ2n) is 5.16. The van der Waals surface area contributed by atoms with Gasteiger partial charge in [0.1, 0.15) is 0 Å². The summed E-state index contributed by atoms with van der Waals surface area (Å²) in [6, 6.07) is 8.03. The lowest BCUT2D eigenvalue weighted by atomic mass is 10.0. The minimum absolute atomic E-state index is 0.00153. The first-order chi connectivity index (χ1) is 9.11. The number of hydrogen-bond acceptors (Lipinski definition) is 2. The zero-order chi connectivity index (χ0) is 13.8. The van der Waals surface area contributed by atoms with E-state index in [1.54, 1.807) is 16.8 Å². The largest absolute Gasteiger partial charge is 0.387 e. The molecule has 1 heterocycles. The molecule has 4 heteroatoms. The van der Waals surface area contributed by atoms with Crippen molar-refractivity contribution in [3.63, 3.8) is 0 Å². The maximum atomic E-state index is 11.8. The van der Waals surface area contributed by atoms with Crippen molar-refractivity contribution in [2.45, 2.75) is 25.9 Å². The summed E-state index contributed by atoms with van der Waals surface area (Å²) in [6.45, 7) is 3.95. The van der Waals surface area contributed by atoms with E-state index < -0.39 is 6.10 Å². The molecule has 0 saturated carbocycles. The first-order valence-electron chi connectivity index (χ1n) is 6.88. The Bertz CT molecular complexity index is 430. The molecule has 0 radical (unpaired) electrons. The summed E-state index contributed by atoms with van der Waals surface area (Å²) in [5.74, 6) is 0. The van der Waals surface area contributed by atoms with Crippen molar-refractivity contribution < 1.29 is 9.90 Å². The van der Waals surface area contributed by atoms with E-state index in [1.807, 2.05) is 12.1 Å². The van der Waals surface area contributed by atoms with Gasteiger partial charge in [-0.25, -0.2) is 4.79 Å². The highest BCUT2D eigenvalue weighted by molar-refractivity contribution is 5.76. The van der Waals surface area contributed by atoms with Crippen LogP contribution in [0.5, 0.6) is 0 Å². The predicted molar refractivity (Wildman–Crippen MR) is 75.0 cm³/mol. The molecule has 2 rings (SSSR count). The first-order valence-corrected chi connectivity index (χ1v) is 6.88. The number of aliphatic hydroxyl groups is 1. The molecule has 104 valence electrons. The number of aryl methyl sites for hydroxylation is 1. The van der Waals surface area contributed by atoms with Crippen molar-refractivity contribution in [1.82, 2.24) is 9.80 Å². The number of carbonyl (C=O) groups is 1. The Hall–Kier alpha value is -1.55. The SMILES string of the molecule is CCCc1ccc(C(O)CN2CCN(C)C2=O)cc1. The number of urea groups is 1. The summed E-state index contributed by atoms with van der Waals surface area (Å²) in [5.41, 5.74) is 2.16. The van der Waals surface area contributed by atoms with Crippen LogP contribution < -0.4 is 0 Å². The number of β-amino-alcohol motifs (C(OH)–C–C–N with tert-alkyl or cyclic N) is 1. The van der Waals surface area contributed by atoms with Gasteiger partial charge in [0, 0.05) is 20.1 Å². The lowest BCUT2D eigenvalue weighted by Crippen LogP contribution is -2.32. The molecular formula is C15H22N2O2. The molecule has 1 saturated heterocycles. The van der Waals surface area contributed by atoms with E-state index in [1.165, 1.54) is 5.56 Å². The molecule has 1 aliphatic rings. The number of aliphatic hydroxyl groups excluding tert-OH is 1. The third-order valence-corrected chi connectivity index (χ3v) is 3.60. The normalized spacial score (nSPS) is 17.1. The Morgan fingerprint density at radius 2 is 1.95 bits per heavy atom. The fraction of sp³-hybridized carbons (Fsp3) is 0.533. The van der Waals surface area contributed by atoms with Crippen molar-refractivity contribution >= 4 is 6.03 Å². The molecule has 1 aliphatic heterocycles. The lowest BCUT2D eigenvalue weighted by molar-refractivity contribution is 0.129. The van der Waals surface area contributed by atoms with Gasteiger partial charge in [0.2, 0.25) is 0 Å². The zero-order valence-electron chi connectivity index (χ0n) is 11.7. The first kappa shape index (κ1) is 13.9. The molecule has 1 N–H and O–H groups in total. The van der Waals surface area contributed by atoms with Crippen molar-refractivity contribution in [2.75, 3.05) is 26.7 Å². The molecule has 1 aromatic rings. The Morgan fingerprint density at radius 3 is 2.47 bits per heavy atom. The zero-order valence-corrected chi connectivity index (χ0v) is 11.7. The van der Waals surface area contributed by atoms with Gasteiger partial charge in [0.05, 0.1) is 12.6 Å². The van der Waals surface area contributed by atoms with Crippen LogP contribution in [0.2, 0.25) is 0 Å². The molecule has 2 amide bonds. The van der Waals surface area contributed by atoms with Crippen molar-refractivity contribution in [2.24, 2.45) is 0 Å². The van der Waals surface area contributed by atoms with Gasteiger partial charge in [0.15, 0.2) is 0 Å². The van der Waals surface area contributed by atoms with Crippen LogP contribution in [-0.2, 0) is 6.42 Å². The Kier molecular flexibility index (Phi) is 4.43. The van der Waals surface area contributed by atoms with Gasteiger partial charge in [-0.3, -0.25) is 0 Å². The van der Waals surface area contributed by atoms with Crippen LogP contribution in [-0.4, -0.2) is 47.6 Å². The molecule has 19 heavy (non-hydrogen) atoms. The van der Waals surface area contributed by atoms with Crippen molar-refractivity contribution in [3.05, 3.63) is 35.4 Å². The van der Waals surface area contributed by atoms with Gasteiger partial charge >= 0.3 is 6.03 Å². The van der Waals surface area contributed by atoms with Gasteiger partial charge < -0.3 is 14.9 Å². The molecule has 0 aliphatic carbocycles. The number of rotatable bonds is 5. The molecule has 0 bridgehead atoms. The maximum Gasteiger partial charge on any atom is 0.319 e. The van der Waals surface area contributed by atoms with E-state index >= 15 is 0 Å². The van der Waals surface area contributed by atoms with E-state index in [2.05, 4.69) is 19.1 Å². The van der Waals surface area contributed by atoms with Crippen LogP contribution in [0.3, 0.4) is 0 Å². The number of nitrogens with zero attached hydrogens (tertiary/aromatic N) is 2. The number of benzene rings is 1. The summed E-state index contributed by atoms with van der Waals surface area (Å²) in [4.78, 5) is 15.1. The smallest absolute Gasteiger partial charge is 0.319 e. The highest BCUT2D eigenvalue weighted by Gasteiger charge is 2.27. The number of amides is 2. The van der Waals surface area contributed by atoms with E-state index in [0.717, 1.165) is 24.9 Å². The summed E-state index contributed by atoms with van der Waals surface area (Å²) in [7, 11) is 1.79.